The minimum atomic E-state index is -0.256. The van der Waals surface area contributed by atoms with Crippen molar-refractivity contribution in [2.24, 2.45) is 4.99 Å². The Kier molecular flexibility index (Phi) is 9.13. The maximum Gasteiger partial charge on any atom is 0.191 e. The van der Waals surface area contributed by atoms with Gasteiger partial charge in [0.25, 0.3) is 0 Å². The number of rotatable bonds is 10. The van der Waals surface area contributed by atoms with E-state index in [9.17, 15) is 4.39 Å². The highest BCUT2D eigenvalue weighted by Gasteiger charge is 2.04. The van der Waals surface area contributed by atoms with Crippen LogP contribution in [0.25, 0.3) is 0 Å². The van der Waals surface area contributed by atoms with Crippen molar-refractivity contribution in [1.82, 2.24) is 10.6 Å². The van der Waals surface area contributed by atoms with Crippen LogP contribution in [0.4, 0.5) is 4.39 Å². The van der Waals surface area contributed by atoms with E-state index >= 15 is 0 Å². The van der Waals surface area contributed by atoms with Gasteiger partial charge in [-0.2, -0.15) is 0 Å². The van der Waals surface area contributed by atoms with Crippen LogP contribution in [0.5, 0.6) is 5.75 Å². The lowest BCUT2D eigenvalue weighted by atomic mass is 10.1. The van der Waals surface area contributed by atoms with Gasteiger partial charge in [0, 0.05) is 25.8 Å². The van der Waals surface area contributed by atoms with Gasteiger partial charge in [0.15, 0.2) is 5.96 Å². The Bertz CT molecular complexity index is 708. The first-order chi connectivity index (χ1) is 13.2. The summed E-state index contributed by atoms with van der Waals surface area (Å²) in [4.78, 5) is 4.56. The number of benzene rings is 2. The first kappa shape index (κ1) is 20.7. The molecular weight excluding hydrogens is 345 g/mol. The summed E-state index contributed by atoms with van der Waals surface area (Å²) in [5.74, 6) is 1.35. The van der Waals surface area contributed by atoms with E-state index in [4.69, 9.17) is 9.47 Å². The SMILES string of the molecule is CCNC(=NCc1ccc(F)c(COC)c1)NCCCOc1ccccc1. The molecule has 27 heavy (non-hydrogen) atoms. The van der Waals surface area contributed by atoms with Gasteiger partial charge in [-0.15, -0.1) is 0 Å². The Morgan fingerprint density at radius 3 is 2.67 bits per heavy atom. The standard InChI is InChI=1S/C21H28FN3O2/c1-3-23-21(24-12-7-13-27-19-8-5-4-6-9-19)25-15-17-10-11-20(22)18(14-17)16-26-2/h4-6,8-11,14H,3,7,12-13,15-16H2,1-2H3,(H2,23,24,25). The van der Waals surface area contributed by atoms with Gasteiger partial charge in [-0.3, -0.25) is 0 Å². The number of guanidine groups is 1. The minimum Gasteiger partial charge on any atom is -0.494 e. The number of para-hydroxylation sites is 1. The molecule has 0 aliphatic carbocycles. The topological polar surface area (TPSA) is 54.9 Å². The van der Waals surface area contributed by atoms with Crippen LogP contribution in [0.1, 0.15) is 24.5 Å². The molecule has 0 saturated carbocycles. The highest BCUT2D eigenvalue weighted by Crippen LogP contribution is 2.12. The molecule has 0 spiro atoms. The second-order valence-corrected chi connectivity index (χ2v) is 6.00. The van der Waals surface area contributed by atoms with Crippen LogP contribution in [0, 0.1) is 5.82 Å². The van der Waals surface area contributed by atoms with Crippen molar-refractivity contribution in [2.75, 3.05) is 26.8 Å². The zero-order valence-corrected chi connectivity index (χ0v) is 16.0. The summed E-state index contributed by atoms with van der Waals surface area (Å²) < 4.78 is 24.4. The van der Waals surface area contributed by atoms with Crippen molar-refractivity contribution in [3.8, 4) is 5.75 Å². The maximum absolute atomic E-state index is 13.7. The molecular formula is C21H28FN3O2. The molecule has 0 unspecified atom stereocenters. The van der Waals surface area contributed by atoms with Crippen LogP contribution < -0.4 is 15.4 Å². The second kappa shape index (κ2) is 11.9. The van der Waals surface area contributed by atoms with E-state index < -0.39 is 0 Å². The first-order valence-corrected chi connectivity index (χ1v) is 9.19. The smallest absolute Gasteiger partial charge is 0.191 e. The van der Waals surface area contributed by atoms with Crippen LogP contribution in [0.3, 0.4) is 0 Å². The summed E-state index contributed by atoms with van der Waals surface area (Å²) in [6, 6.07) is 14.8. The maximum atomic E-state index is 13.7. The highest BCUT2D eigenvalue weighted by atomic mass is 19.1. The quantitative estimate of drug-likeness (QED) is 0.380. The second-order valence-electron chi connectivity index (χ2n) is 6.00. The van der Waals surface area contributed by atoms with E-state index in [1.54, 1.807) is 19.2 Å². The van der Waals surface area contributed by atoms with Crippen LogP contribution in [-0.2, 0) is 17.9 Å². The highest BCUT2D eigenvalue weighted by molar-refractivity contribution is 5.79. The van der Waals surface area contributed by atoms with E-state index in [0.29, 0.717) is 18.7 Å². The lowest BCUT2D eigenvalue weighted by Gasteiger charge is -2.12. The summed E-state index contributed by atoms with van der Waals surface area (Å²) in [6.45, 7) is 4.89. The average Bonchev–Trinajstić information content (AvgIpc) is 2.69. The van der Waals surface area contributed by atoms with Crippen molar-refractivity contribution >= 4 is 5.96 Å². The van der Waals surface area contributed by atoms with Crippen LogP contribution in [0.15, 0.2) is 53.5 Å². The Balaban J connectivity index is 1.80. The normalized spacial score (nSPS) is 11.3. The summed E-state index contributed by atoms with van der Waals surface area (Å²) in [5.41, 5.74) is 1.48. The Hall–Kier alpha value is -2.60. The number of hydrogen-bond donors (Lipinski definition) is 2. The van der Waals surface area contributed by atoms with E-state index in [-0.39, 0.29) is 12.4 Å². The number of ether oxygens (including phenoxy) is 2. The molecule has 0 bridgehead atoms. The molecule has 2 N–H and O–H groups in total. The van der Waals surface area contributed by atoms with Gasteiger partial charge in [-0.05, 0) is 43.2 Å². The zero-order valence-electron chi connectivity index (χ0n) is 16.0. The number of hydrogen-bond acceptors (Lipinski definition) is 3. The Morgan fingerprint density at radius 2 is 1.93 bits per heavy atom. The van der Waals surface area contributed by atoms with Gasteiger partial charge >= 0.3 is 0 Å². The monoisotopic (exact) mass is 373 g/mol. The average molecular weight is 373 g/mol. The summed E-state index contributed by atoms with van der Waals surface area (Å²) in [5, 5.41) is 6.50. The lowest BCUT2D eigenvalue weighted by molar-refractivity contribution is 0.181. The molecule has 0 heterocycles. The molecule has 146 valence electrons. The van der Waals surface area contributed by atoms with Gasteiger partial charge in [0.2, 0.25) is 0 Å². The predicted octanol–water partition coefficient (Wildman–Crippen LogP) is 3.50. The van der Waals surface area contributed by atoms with Crippen molar-refractivity contribution in [2.45, 2.75) is 26.5 Å². The molecule has 5 nitrogen and oxygen atoms in total. The van der Waals surface area contributed by atoms with E-state index in [0.717, 1.165) is 36.8 Å². The third-order valence-corrected chi connectivity index (χ3v) is 3.80. The Morgan fingerprint density at radius 1 is 1.11 bits per heavy atom. The number of nitrogens with one attached hydrogen (secondary N) is 2. The van der Waals surface area contributed by atoms with Gasteiger partial charge in [-0.25, -0.2) is 9.38 Å². The summed E-state index contributed by atoms with van der Waals surface area (Å²) in [6.07, 6.45) is 0.855. The van der Waals surface area contributed by atoms with Crippen LogP contribution in [-0.4, -0.2) is 32.8 Å². The third kappa shape index (κ3) is 7.66. The van der Waals surface area contributed by atoms with Crippen molar-refractivity contribution in [1.29, 1.82) is 0 Å². The largest absolute Gasteiger partial charge is 0.494 e. The van der Waals surface area contributed by atoms with Crippen LogP contribution >= 0.6 is 0 Å². The lowest BCUT2D eigenvalue weighted by Crippen LogP contribution is -2.38. The van der Waals surface area contributed by atoms with Gasteiger partial charge in [0.05, 0.1) is 19.8 Å². The molecule has 0 atom stereocenters. The molecule has 2 aromatic carbocycles. The molecule has 6 heteroatoms. The van der Waals surface area contributed by atoms with Crippen molar-refractivity contribution in [3.63, 3.8) is 0 Å². The third-order valence-electron chi connectivity index (χ3n) is 3.80. The number of nitrogens with zero attached hydrogens (tertiary/aromatic N) is 1. The molecule has 0 fully saturated rings. The molecule has 0 aromatic heterocycles. The van der Waals surface area contributed by atoms with Crippen LogP contribution in [0.2, 0.25) is 0 Å². The Labute approximate surface area is 160 Å². The molecule has 0 radical (unpaired) electrons. The summed E-state index contributed by atoms with van der Waals surface area (Å²) >= 11 is 0. The van der Waals surface area contributed by atoms with Gasteiger partial charge < -0.3 is 20.1 Å². The first-order valence-electron chi connectivity index (χ1n) is 9.19. The van der Waals surface area contributed by atoms with E-state index in [1.165, 1.54) is 6.07 Å². The predicted molar refractivity (Wildman–Crippen MR) is 106 cm³/mol. The fourth-order valence-corrected chi connectivity index (χ4v) is 2.49. The van der Waals surface area contributed by atoms with Gasteiger partial charge in [-0.1, -0.05) is 24.3 Å². The molecule has 2 aromatic rings. The van der Waals surface area contributed by atoms with Gasteiger partial charge in [0.1, 0.15) is 11.6 Å². The molecule has 2 rings (SSSR count). The molecule has 0 saturated heterocycles. The fraction of sp³-hybridized carbons (Fsp3) is 0.381. The van der Waals surface area contributed by atoms with Crippen molar-refractivity contribution < 1.29 is 13.9 Å². The fourth-order valence-electron chi connectivity index (χ4n) is 2.49. The van der Waals surface area contributed by atoms with E-state index in [1.807, 2.05) is 37.3 Å². The number of aliphatic imine (C=N–C) groups is 1. The minimum absolute atomic E-state index is 0.253. The molecule has 0 aliphatic heterocycles. The zero-order chi connectivity index (χ0) is 19.3. The van der Waals surface area contributed by atoms with E-state index in [2.05, 4.69) is 15.6 Å². The summed E-state index contributed by atoms with van der Waals surface area (Å²) in [7, 11) is 1.55. The van der Waals surface area contributed by atoms with Crippen molar-refractivity contribution in [3.05, 3.63) is 65.5 Å². The number of halogens is 1. The number of methoxy groups -OCH3 is 1. The molecule has 0 amide bonds. The molecule has 0 aliphatic rings.